The van der Waals surface area contributed by atoms with Crippen LogP contribution in [0, 0.1) is 0 Å². The summed E-state index contributed by atoms with van der Waals surface area (Å²) in [4.78, 5) is 11.0. The maximum atomic E-state index is 11.0. The summed E-state index contributed by atoms with van der Waals surface area (Å²) < 4.78 is 5.37. The van der Waals surface area contributed by atoms with Gasteiger partial charge in [0.05, 0.1) is 6.04 Å². The Bertz CT molecular complexity index is 354. The summed E-state index contributed by atoms with van der Waals surface area (Å²) in [5.41, 5.74) is 3.00. The largest absolute Gasteiger partial charge is 0.491 e. The van der Waals surface area contributed by atoms with Crippen LogP contribution in [0.1, 0.15) is 11.6 Å². The maximum Gasteiger partial charge on any atom is 0.329 e. The van der Waals surface area contributed by atoms with Crippen LogP contribution in [0.2, 0.25) is 0 Å². The number of rotatable bonds is 1. The van der Waals surface area contributed by atoms with Crippen LogP contribution in [0.3, 0.4) is 0 Å². The number of ether oxygens (including phenoxy) is 1. The van der Waals surface area contributed by atoms with Crippen LogP contribution in [0.5, 0.6) is 5.75 Å². The van der Waals surface area contributed by atoms with Crippen LogP contribution >= 0.6 is 0 Å². The van der Waals surface area contributed by atoms with Crippen molar-refractivity contribution in [1.29, 1.82) is 0 Å². The van der Waals surface area contributed by atoms with E-state index in [1.165, 1.54) is 0 Å². The number of carbonyl (C=O) groups is 1. The molecule has 1 aromatic carbocycles. The van der Waals surface area contributed by atoms with Gasteiger partial charge in [-0.1, -0.05) is 18.2 Å². The number of hydrogen-bond acceptors (Lipinski definition) is 3. The van der Waals surface area contributed by atoms with Gasteiger partial charge in [0.25, 0.3) is 0 Å². The Morgan fingerprint density at radius 1 is 1.50 bits per heavy atom. The Morgan fingerprint density at radius 3 is 3.07 bits per heavy atom. The third-order valence-electron chi connectivity index (χ3n) is 2.14. The molecule has 1 aromatic rings. The van der Waals surface area contributed by atoms with Crippen molar-refractivity contribution >= 4 is 6.03 Å². The lowest BCUT2D eigenvalue weighted by molar-refractivity contribution is 0.232. The fourth-order valence-electron chi connectivity index (χ4n) is 1.48. The third kappa shape index (κ3) is 1.49. The number of amides is 2. The van der Waals surface area contributed by atoms with E-state index in [1.807, 2.05) is 29.7 Å². The molecule has 0 saturated heterocycles. The van der Waals surface area contributed by atoms with Crippen molar-refractivity contribution in [3.05, 3.63) is 29.8 Å². The quantitative estimate of drug-likeness (QED) is 0.341. The molecule has 2 rings (SSSR count). The average Bonchev–Trinajstić information content (AvgIpc) is 2.62. The molecule has 1 heterocycles. The van der Waals surface area contributed by atoms with Crippen LogP contribution in [-0.4, -0.2) is 12.6 Å². The summed E-state index contributed by atoms with van der Waals surface area (Å²) in [6.07, 6.45) is 0. The zero-order valence-electron chi connectivity index (χ0n) is 7.49. The first kappa shape index (κ1) is 8.83. The number of nitrogens with two attached hydrogens (primary N) is 1. The van der Waals surface area contributed by atoms with E-state index in [1.54, 1.807) is 0 Å². The highest BCUT2D eigenvalue weighted by molar-refractivity contribution is 5.74. The molecule has 0 aliphatic carbocycles. The number of carbonyl (C=O) groups excluding carboxylic acids is 1. The zero-order valence-corrected chi connectivity index (χ0v) is 7.49. The summed E-state index contributed by atoms with van der Waals surface area (Å²) in [5.74, 6) is 5.78. The zero-order chi connectivity index (χ0) is 9.97. The first-order valence-electron chi connectivity index (χ1n) is 4.30. The standard InChI is InChI=1S/C9H11N3O2/c10-12-9(13)11-7-5-14-8-4-2-1-3-6(7)8/h1-4,7H,5,10H2,(H2,11,12,13). The first-order valence-corrected chi connectivity index (χ1v) is 4.30. The van der Waals surface area contributed by atoms with Crippen LogP contribution < -0.4 is 21.3 Å². The van der Waals surface area contributed by atoms with Gasteiger partial charge >= 0.3 is 6.03 Å². The molecular weight excluding hydrogens is 182 g/mol. The lowest BCUT2D eigenvalue weighted by atomic mass is 10.1. The Kier molecular flexibility index (Phi) is 2.24. The Morgan fingerprint density at radius 2 is 2.29 bits per heavy atom. The second-order valence-electron chi connectivity index (χ2n) is 3.02. The highest BCUT2D eigenvalue weighted by Crippen LogP contribution is 2.31. The second-order valence-corrected chi connectivity index (χ2v) is 3.02. The summed E-state index contributed by atoms with van der Waals surface area (Å²) in [7, 11) is 0. The van der Waals surface area contributed by atoms with E-state index in [9.17, 15) is 4.79 Å². The van der Waals surface area contributed by atoms with Gasteiger partial charge in [-0.25, -0.2) is 10.6 Å². The summed E-state index contributed by atoms with van der Waals surface area (Å²) in [6.45, 7) is 0.451. The van der Waals surface area contributed by atoms with Gasteiger partial charge in [-0.15, -0.1) is 0 Å². The maximum absolute atomic E-state index is 11.0. The number of fused-ring (bicyclic) bond motifs is 1. The lowest BCUT2D eigenvalue weighted by Gasteiger charge is -2.10. The Hall–Kier alpha value is -1.75. The Labute approximate surface area is 81.2 Å². The van der Waals surface area contributed by atoms with Crippen molar-refractivity contribution in [2.75, 3.05) is 6.61 Å². The highest BCUT2D eigenvalue weighted by Gasteiger charge is 2.24. The molecular formula is C9H11N3O2. The van der Waals surface area contributed by atoms with Crippen LogP contribution in [0.15, 0.2) is 24.3 Å². The van der Waals surface area contributed by atoms with Crippen LogP contribution in [0.25, 0.3) is 0 Å². The van der Waals surface area contributed by atoms with Crippen molar-refractivity contribution in [2.45, 2.75) is 6.04 Å². The molecule has 0 saturated carbocycles. The number of hydrogen-bond donors (Lipinski definition) is 3. The predicted octanol–water partition coefficient (Wildman–Crippen LogP) is 0.293. The van der Waals surface area contributed by atoms with Crippen molar-refractivity contribution in [3.63, 3.8) is 0 Å². The molecule has 74 valence electrons. The van der Waals surface area contributed by atoms with Gasteiger partial charge < -0.3 is 10.1 Å². The molecule has 0 spiro atoms. The molecule has 5 nitrogen and oxygen atoms in total. The van der Waals surface area contributed by atoms with E-state index in [0.29, 0.717) is 6.61 Å². The topological polar surface area (TPSA) is 76.4 Å². The van der Waals surface area contributed by atoms with Gasteiger partial charge in [-0.05, 0) is 6.07 Å². The molecule has 1 aliphatic rings. The smallest absolute Gasteiger partial charge is 0.329 e. The fourth-order valence-corrected chi connectivity index (χ4v) is 1.48. The monoisotopic (exact) mass is 193 g/mol. The molecule has 14 heavy (non-hydrogen) atoms. The fraction of sp³-hybridized carbons (Fsp3) is 0.222. The van der Waals surface area contributed by atoms with Crippen molar-refractivity contribution < 1.29 is 9.53 Å². The molecule has 2 amide bonds. The molecule has 4 N–H and O–H groups in total. The minimum atomic E-state index is -0.407. The molecule has 1 unspecified atom stereocenters. The van der Waals surface area contributed by atoms with Gasteiger partial charge in [-0.2, -0.15) is 0 Å². The van der Waals surface area contributed by atoms with E-state index >= 15 is 0 Å². The number of urea groups is 1. The lowest BCUT2D eigenvalue weighted by Crippen LogP contribution is -2.42. The summed E-state index contributed by atoms with van der Waals surface area (Å²) >= 11 is 0. The van der Waals surface area contributed by atoms with Gasteiger partial charge in [0, 0.05) is 5.56 Å². The second kappa shape index (κ2) is 3.55. The van der Waals surface area contributed by atoms with E-state index in [4.69, 9.17) is 10.6 Å². The van der Waals surface area contributed by atoms with Gasteiger partial charge in [0.15, 0.2) is 0 Å². The average molecular weight is 193 g/mol. The van der Waals surface area contributed by atoms with Gasteiger partial charge in [0.1, 0.15) is 12.4 Å². The third-order valence-corrected chi connectivity index (χ3v) is 2.14. The summed E-state index contributed by atoms with van der Waals surface area (Å²) in [5, 5.41) is 2.68. The van der Waals surface area contributed by atoms with Crippen LogP contribution in [-0.2, 0) is 0 Å². The molecule has 0 fully saturated rings. The Balaban J connectivity index is 2.14. The molecule has 1 atom stereocenters. The van der Waals surface area contributed by atoms with Crippen molar-refractivity contribution in [3.8, 4) is 5.75 Å². The number of benzene rings is 1. The first-order chi connectivity index (χ1) is 6.81. The van der Waals surface area contributed by atoms with Crippen molar-refractivity contribution in [2.24, 2.45) is 5.84 Å². The van der Waals surface area contributed by atoms with Gasteiger partial charge in [-0.3, -0.25) is 5.43 Å². The normalized spacial score (nSPS) is 18.2. The molecule has 0 radical (unpaired) electrons. The van der Waals surface area contributed by atoms with E-state index in [2.05, 4.69) is 5.32 Å². The number of hydrazine groups is 1. The van der Waals surface area contributed by atoms with Crippen LogP contribution in [0.4, 0.5) is 4.79 Å². The predicted molar refractivity (Wildman–Crippen MR) is 50.5 cm³/mol. The molecule has 1 aliphatic heterocycles. The summed E-state index contributed by atoms with van der Waals surface area (Å²) in [6, 6.07) is 7.07. The molecule has 0 aromatic heterocycles. The van der Waals surface area contributed by atoms with E-state index in [0.717, 1.165) is 11.3 Å². The van der Waals surface area contributed by atoms with E-state index in [-0.39, 0.29) is 6.04 Å². The molecule has 0 bridgehead atoms. The number of nitrogens with one attached hydrogen (secondary N) is 2. The minimum Gasteiger partial charge on any atom is -0.491 e. The highest BCUT2D eigenvalue weighted by atomic mass is 16.5. The minimum absolute atomic E-state index is 0.116. The van der Waals surface area contributed by atoms with Crippen molar-refractivity contribution in [1.82, 2.24) is 10.7 Å². The number of para-hydroxylation sites is 1. The SMILES string of the molecule is NNC(=O)NC1COc2ccccc21. The van der Waals surface area contributed by atoms with Gasteiger partial charge in [0.2, 0.25) is 0 Å². The molecule has 5 heteroatoms. The van der Waals surface area contributed by atoms with E-state index < -0.39 is 6.03 Å².